The minimum Gasteiger partial charge on any atom is -0.395 e. The van der Waals surface area contributed by atoms with Crippen molar-refractivity contribution in [2.45, 2.75) is 43.6 Å². The predicted molar refractivity (Wildman–Crippen MR) is 110 cm³/mol. The van der Waals surface area contributed by atoms with Gasteiger partial charge in [0.2, 0.25) is 5.95 Å². The fourth-order valence-corrected chi connectivity index (χ4v) is 4.21. The maximum atomic E-state index is 10.5. The zero-order valence-electron chi connectivity index (χ0n) is 15.7. The van der Waals surface area contributed by atoms with E-state index in [9.17, 15) is 10.2 Å². The third-order valence-electron chi connectivity index (χ3n) is 5.66. The highest BCUT2D eigenvalue weighted by Crippen LogP contribution is 2.45. The van der Waals surface area contributed by atoms with Crippen molar-refractivity contribution in [2.75, 3.05) is 23.8 Å². The van der Waals surface area contributed by atoms with Crippen molar-refractivity contribution in [1.82, 2.24) is 9.97 Å². The number of hydrogen-bond acceptors (Lipinski definition) is 6. The molecule has 0 saturated heterocycles. The molecule has 1 aliphatic carbocycles. The molecule has 2 heterocycles. The molecule has 1 atom stereocenters. The smallest absolute Gasteiger partial charge is 0.222 e. The molecule has 1 aromatic carbocycles. The van der Waals surface area contributed by atoms with E-state index in [1.165, 1.54) is 6.20 Å². The van der Waals surface area contributed by atoms with Gasteiger partial charge in [-0.25, -0.2) is 4.98 Å². The molecule has 28 heavy (non-hydrogen) atoms. The van der Waals surface area contributed by atoms with Crippen LogP contribution in [0.15, 0.2) is 24.4 Å². The predicted octanol–water partition coefficient (Wildman–Crippen LogP) is 2.77. The van der Waals surface area contributed by atoms with Crippen LogP contribution in [0.1, 0.15) is 43.7 Å². The van der Waals surface area contributed by atoms with Crippen LogP contribution in [0, 0.1) is 11.8 Å². The molecule has 1 saturated carbocycles. The lowest BCUT2D eigenvalue weighted by atomic mass is 9.85. The third-order valence-corrected chi connectivity index (χ3v) is 5.93. The van der Waals surface area contributed by atoms with E-state index in [2.05, 4.69) is 21.8 Å². The van der Waals surface area contributed by atoms with Gasteiger partial charge in [0.25, 0.3) is 0 Å². The summed E-state index contributed by atoms with van der Waals surface area (Å²) in [7, 11) is 0. The Morgan fingerprint density at radius 2 is 2.07 bits per heavy atom. The quantitative estimate of drug-likeness (QED) is 0.673. The Balaban J connectivity index is 1.78. The van der Waals surface area contributed by atoms with Gasteiger partial charge in [-0.2, -0.15) is 4.98 Å². The maximum absolute atomic E-state index is 10.5. The first-order chi connectivity index (χ1) is 13.3. The molecule has 0 spiro atoms. The standard InChI is InChI=1S/C21H23ClN4O2/c1-20(13-27)12-26(18-16(22)11-24-19(23)25-18)17-10-14(4-5-15(17)20)6-9-21(28)7-2-3-8-21/h4-5,10-11,27-28H,2-3,7-8,12-13H2,1H3,(H2,23,24,25)/t20-/m1/s1. The van der Waals surface area contributed by atoms with Crippen LogP contribution in [0.5, 0.6) is 0 Å². The number of hydrogen-bond donors (Lipinski definition) is 3. The number of anilines is 3. The average molecular weight is 399 g/mol. The molecule has 0 radical (unpaired) electrons. The molecule has 4 N–H and O–H groups in total. The number of nitrogen functional groups attached to an aromatic ring is 1. The second kappa shape index (κ2) is 6.93. The Kier molecular flexibility index (Phi) is 4.70. The van der Waals surface area contributed by atoms with Gasteiger partial charge in [0, 0.05) is 23.2 Å². The second-order valence-electron chi connectivity index (χ2n) is 7.93. The molecule has 1 aromatic heterocycles. The lowest BCUT2D eigenvalue weighted by molar-refractivity contribution is 0.110. The van der Waals surface area contributed by atoms with Crippen molar-refractivity contribution in [1.29, 1.82) is 0 Å². The molecule has 0 unspecified atom stereocenters. The van der Waals surface area contributed by atoms with Crippen LogP contribution in [0.25, 0.3) is 0 Å². The van der Waals surface area contributed by atoms with E-state index in [4.69, 9.17) is 17.3 Å². The first-order valence-corrected chi connectivity index (χ1v) is 9.78. The molecular weight excluding hydrogens is 376 g/mol. The van der Waals surface area contributed by atoms with Crippen LogP contribution in [-0.4, -0.2) is 38.9 Å². The summed E-state index contributed by atoms with van der Waals surface area (Å²) in [6.07, 6.45) is 4.93. The summed E-state index contributed by atoms with van der Waals surface area (Å²) in [5, 5.41) is 20.9. The number of rotatable bonds is 2. The Morgan fingerprint density at radius 1 is 1.32 bits per heavy atom. The zero-order valence-corrected chi connectivity index (χ0v) is 16.5. The number of fused-ring (bicyclic) bond motifs is 1. The fraction of sp³-hybridized carbons (Fsp3) is 0.429. The largest absolute Gasteiger partial charge is 0.395 e. The van der Waals surface area contributed by atoms with Crippen LogP contribution in [0.4, 0.5) is 17.5 Å². The van der Waals surface area contributed by atoms with E-state index >= 15 is 0 Å². The Morgan fingerprint density at radius 3 is 2.79 bits per heavy atom. The van der Waals surface area contributed by atoms with E-state index < -0.39 is 11.0 Å². The van der Waals surface area contributed by atoms with Gasteiger partial charge in [0.1, 0.15) is 10.6 Å². The number of aromatic nitrogens is 2. The summed E-state index contributed by atoms with van der Waals surface area (Å²) < 4.78 is 0. The van der Waals surface area contributed by atoms with Gasteiger partial charge < -0.3 is 20.8 Å². The summed E-state index contributed by atoms with van der Waals surface area (Å²) in [4.78, 5) is 10.2. The van der Waals surface area contributed by atoms with E-state index in [1.807, 2.05) is 30.0 Å². The van der Waals surface area contributed by atoms with Crippen molar-refractivity contribution in [3.8, 4) is 11.8 Å². The van der Waals surface area contributed by atoms with Crippen LogP contribution < -0.4 is 10.6 Å². The normalized spacial score (nSPS) is 22.6. The Hall–Kier alpha value is -2.33. The average Bonchev–Trinajstić information content (AvgIpc) is 3.25. The number of nitrogens with zero attached hydrogens (tertiary/aromatic N) is 3. The van der Waals surface area contributed by atoms with Crippen molar-refractivity contribution in [2.24, 2.45) is 0 Å². The van der Waals surface area contributed by atoms with E-state index in [0.29, 0.717) is 17.4 Å². The van der Waals surface area contributed by atoms with Crippen LogP contribution >= 0.6 is 11.6 Å². The zero-order chi connectivity index (χ0) is 19.9. The summed E-state index contributed by atoms with van der Waals surface area (Å²) in [5.74, 6) is 6.81. The minimum absolute atomic E-state index is 0.0144. The SMILES string of the molecule is C[C@]1(CO)CN(c2nc(N)ncc2Cl)c2cc(C#CC3(O)CCCC3)ccc21. The second-order valence-corrected chi connectivity index (χ2v) is 8.33. The van der Waals surface area contributed by atoms with Crippen LogP contribution in [0.3, 0.4) is 0 Å². The number of aliphatic hydroxyl groups is 2. The fourth-order valence-electron chi connectivity index (χ4n) is 4.02. The summed E-state index contributed by atoms with van der Waals surface area (Å²) in [5.41, 5.74) is 7.09. The molecule has 0 bridgehead atoms. The molecule has 4 rings (SSSR count). The van der Waals surface area contributed by atoms with Crippen LogP contribution in [0.2, 0.25) is 5.02 Å². The van der Waals surface area contributed by atoms with Crippen molar-refractivity contribution in [3.05, 3.63) is 40.5 Å². The highest BCUT2D eigenvalue weighted by atomic mass is 35.5. The van der Waals surface area contributed by atoms with Gasteiger partial charge in [-0.1, -0.05) is 36.4 Å². The van der Waals surface area contributed by atoms with Crippen molar-refractivity contribution < 1.29 is 10.2 Å². The van der Waals surface area contributed by atoms with Gasteiger partial charge >= 0.3 is 0 Å². The molecule has 1 aliphatic heterocycles. The molecule has 146 valence electrons. The maximum Gasteiger partial charge on any atom is 0.222 e. The van der Waals surface area contributed by atoms with Crippen LogP contribution in [-0.2, 0) is 5.41 Å². The molecule has 6 nitrogen and oxygen atoms in total. The summed E-state index contributed by atoms with van der Waals surface area (Å²) in [6.45, 7) is 2.49. The molecule has 2 aliphatic rings. The van der Waals surface area contributed by atoms with E-state index in [0.717, 1.165) is 42.5 Å². The molecule has 1 fully saturated rings. The molecule has 0 amide bonds. The van der Waals surface area contributed by atoms with Gasteiger partial charge in [0.05, 0.1) is 12.8 Å². The third kappa shape index (κ3) is 3.30. The van der Waals surface area contributed by atoms with E-state index in [-0.39, 0.29) is 12.6 Å². The lowest BCUT2D eigenvalue weighted by Crippen LogP contribution is -2.32. The van der Waals surface area contributed by atoms with Gasteiger partial charge in [-0.3, -0.25) is 0 Å². The first kappa shape index (κ1) is 19.0. The molecule has 7 heteroatoms. The molecule has 2 aromatic rings. The minimum atomic E-state index is -0.886. The summed E-state index contributed by atoms with van der Waals surface area (Å²) in [6, 6.07) is 5.86. The number of aliphatic hydroxyl groups excluding tert-OH is 1. The van der Waals surface area contributed by atoms with Crippen molar-refractivity contribution >= 4 is 29.1 Å². The van der Waals surface area contributed by atoms with Gasteiger partial charge in [-0.15, -0.1) is 0 Å². The lowest BCUT2D eigenvalue weighted by Gasteiger charge is -2.24. The topological polar surface area (TPSA) is 95.5 Å². The number of halogens is 1. The number of benzene rings is 1. The number of nitrogens with two attached hydrogens (primary N) is 1. The van der Waals surface area contributed by atoms with Gasteiger partial charge in [-0.05, 0) is 43.4 Å². The van der Waals surface area contributed by atoms with Gasteiger partial charge in [0.15, 0.2) is 5.82 Å². The highest BCUT2D eigenvalue weighted by Gasteiger charge is 2.40. The highest BCUT2D eigenvalue weighted by molar-refractivity contribution is 6.33. The monoisotopic (exact) mass is 398 g/mol. The Bertz CT molecular complexity index is 978. The van der Waals surface area contributed by atoms with E-state index in [1.54, 1.807) is 0 Å². The first-order valence-electron chi connectivity index (χ1n) is 9.40. The molecular formula is C21H23ClN4O2. The van der Waals surface area contributed by atoms with Crippen molar-refractivity contribution in [3.63, 3.8) is 0 Å². The summed E-state index contributed by atoms with van der Waals surface area (Å²) >= 11 is 6.34. The Labute approximate surface area is 169 Å².